The molecule has 1 atom stereocenters. The fraction of sp³-hybridized carbons (Fsp3) is 0.500. The second-order valence-corrected chi connectivity index (χ2v) is 7.95. The van der Waals surface area contributed by atoms with Gasteiger partial charge >= 0.3 is 11.9 Å². The summed E-state index contributed by atoms with van der Waals surface area (Å²) in [6.45, 7) is 3.94. The van der Waals surface area contributed by atoms with Gasteiger partial charge in [-0.05, 0) is 44.7 Å². The monoisotopic (exact) mass is 442 g/mol. The molecule has 32 heavy (non-hydrogen) atoms. The van der Waals surface area contributed by atoms with E-state index in [0.717, 1.165) is 31.7 Å². The van der Waals surface area contributed by atoms with Gasteiger partial charge < -0.3 is 14.0 Å². The van der Waals surface area contributed by atoms with E-state index in [0.29, 0.717) is 18.0 Å². The van der Waals surface area contributed by atoms with Gasteiger partial charge in [-0.25, -0.2) is 9.18 Å². The quantitative estimate of drug-likeness (QED) is 0.600. The summed E-state index contributed by atoms with van der Waals surface area (Å²) < 4.78 is 26.7. The van der Waals surface area contributed by atoms with Crippen LogP contribution in [0.15, 0.2) is 23.1 Å². The van der Waals surface area contributed by atoms with Crippen molar-refractivity contribution in [1.29, 1.82) is 5.26 Å². The maximum atomic E-state index is 15.0. The Morgan fingerprint density at radius 3 is 2.50 bits per heavy atom. The van der Waals surface area contributed by atoms with Crippen molar-refractivity contribution in [2.75, 3.05) is 13.2 Å². The first-order chi connectivity index (χ1) is 15.4. The van der Waals surface area contributed by atoms with E-state index < -0.39 is 29.1 Å². The van der Waals surface area contributed by atoms with Gasteiger partial charge in [0.1, 0.15) is 11.4 Å². The number of ether oxygens (including phenoxy) is 2. The molecule has 1 aliphatic rings. The third-order valence-electron chi connectivity index (χ3n) is 5.84. The number of carbonyl (C=O) groups excluding carboxylic acids is 2. The van der Waals surface area contributed by atoms with Crippen LogP contribution in [-0.4, -0.2) is 29.7 Å². The minimum atomic E-state index is -1.46. The number of hydrogen-bond donors (Lipinski definition) is 0. The smallest absolute Gasteiger partial charge is 0.343 e. The summed E-state index contributed by atoms with van der Waals surface area (Å²) >= 11 is 0. The van der Waals surface area contributed by atoms with Crippen molar-refractivity contribution in [3.05, 3.63) is 45.5 Å². The van der Waals surface area contributed by atoms with Crippen LogP contribution in [-0.2, 0) is 20.8 Å². The van der Waals surface area contributed by atoms with Crippen molar-refractivity contribution >= 4 is 22.8 Å². The van der Waals surface area contributed by atoms with Gasteiger partial charge in [0, 0.05) is 23.7 Å². The average Bonchev–Trinajstić information content (AvgIpc) is 2.78. The standard InChI is InChI=1S/C24H27FN2O5/c1-3-31-23(29)18(12-26)16-11-21-17(10-20(16)25)22(28)19(24(30)32-4-2)14-27(21)13-15-8-6-5-7-9-15/h10-11,14-15,18H,3-9,13H2,1-2H3. The Morgan fingerprint density at radius 2 is 1.88 bits per heavy atom. The van der Waals surface area contributed by atoms with Crippen molar-refractivity contribution in [1.82, 2.24) is 4.57 Å². The Balaban J connectivity index is 2.20. The number of esters is 2. The molecule has 0 aliphatic heterocycles. The predicted molar refractivity (Wildman–Crippen MR) is 116 cm³/mol. The van der Waals surface area contributed by atoms with Crippen LogP contribution in [0, 0.1) is 23.1 Å². The molecule has 0 saturated heterocycles. The van der Waals surface area contributed by atoms with Gasteiger partial charge in [0.15, 0.2) is 5.92 Å². The van der Waals surface area contributed by atoms with Crippen molar-refractivity contribution in [3.8, 4) is 6.07 Å². The Bertz CT molecular complexity index is 1110. The van der Waals surface area contributed by atoms with E-state index in [1.165, 1.54) is 18.7 Å². The first-order valence-electron chi connectivity index (χ1n) is 11.0. The molecule has 0 N–H and O–H groups in total. The maximum absolute atomic E-state index is 15.0. The second kappa shape index (κ2) is 10.4. The lowest BCUT2D eigenvalue weighted by molar-refractivity contribution is -0.143. The van der Waals surface area contributed by atoms with Gasteiger partial charge in [-0.1, -0.05) is 19.3 Å². The normalized spacial score (nSPS) is 15.2. The lowest BCUT2D eigenvalue weighted by atomic mass is 9.89. The molecule has 1 unspecified atom stereocenters. The molecule has 1 aromatic carbocycles. The molecule has 0 amide bonds. The minimum Gasteiger partial charge on any atom is -0.465 e. The number of halogens is 1. The molecule has 0 spiro atoms. The third kappa shape index (κ3) is 4.82. The van der Waals surface area contributed by atoms with Gasteiger partial charge in [0.05, 0.1) is 24.8 Å². The highest BCUT2D eigenvalue weighted by atomic mass is 19.1. The Labute approximate surface area is 185 Å². The predicted octanol–water partition coefficient (Wildman–Crippen LogP) is 4.07. The molecule has 7 nitrogen and oxygen atoms in total. The van der Waals surface area contributed by atoms with Gasteiger partial charge in [0.2, 0.25) is 5.43 Å². The zero-order valence-electron chi connectivity index (χ0n) is 18.4. The van der Waals surface area contributed by atoms with Crippen LogP contribution < -0.4 is 5.43 Å². The first kappa shape index (κ1) is 23.5. The summed E-state index contributed by atoms with van der Waals surface area (Å²) in [5.41, 5.74) is -0.591. The molecule has 1 fully saturated rings. The zero-order valence-corrected chi connectivity index (χ0v) is 18.4. The number of nitrogens with zero attached hydrogens (tertiary/aromatic N) is 2. The van der Waals surface area contributed by atoms with E-state index in [1.54, 1.807) is 24.5 Å². The van der Waals surface area contributed by atoms with E-state index in [9.17, 15) is 24.0 Å². The van der Waals surface area contributed by atoms with Crippen LogP contribution in [0.5, 0.6) is 0 Å². The number of rotatable bonds is 7. The van der Waals surface area contributed by atoms with Crippen molar-refractivity contribution in [2.45, 2.75) is 58.4 Å². The molecule has 3 rings (SSSR count). The van der Waals surface area contributed by atoms with Gasteiger partial charge in [0.25, 0.3) is 0 Å². The number of fused-ring (bicyclic) bond motifs is 1. The maximum Gasteiger partial charge on any atom is 0.343 e. The highest BCUT2D eigenvalue weighted by Gasteiger charge is 2.27. The number of nitriles is 1. The van der Waals surface area contributed by atoms with E-state index >= 15 is 0 Å². The molecule has 0 bridgehead atoms. The van der Waals surface area contributed by atoms with E-state index in [1.807, 2.05) is 0 Å². The fourth-order valence-electron chi connectivity index (χ4n) is 4.28. The highest BCUT2D eigenvalue weighted by Crippen LogP contribution is 2.29. The third-order valence-corrected chi connectivity index (χ3v) is 5.84. The topological polar surface area (TPSA) is 98.4 Å². The summed E-state index contributed by atoms with van der Waals surface area (Å²) in [6.07, 6.45) is 6.86. The van der Waals surface area contributed by atoms with Crippen LogP contribution in [0.25, 0.3) is 10.9 Å². The largest absolute Gasteiger partial charge is 0.465 e. The van der Waals surface area contributed by atoms with Gasteiger partial charge in [-0.3, -0.25) is 9.59 Å². The summed E-state index contributed by atoms with van der Waals surface area (Å²) in [7, 11) is 0. The Hall–Kier alpha value is -3.21. The second-order valence-electron chi connectivity index (χ2n) is 7.95. The number of pyridine rings is 1. The fourth-order valence-corrected chi connectivity index (χ4v) is 4.28. The number of hydrogen-bond acceptors (Lipinski definition) is 6. The number of benzene rings is 1. The SMILES string of the molecule is CCOC(=O)c1cn(CC2CCCCC2)c2cc(C(C#N)C(=O)OCC)c(F)cc2c1=O. The number of carbonyl (C=O) groups is 2. The van der Waals surface area contributed by atoms with Crippen LogP contribution >= 0.6 is 0 Å². The molecule has 2 aromatic rings. The summed E-state index contributed by atoms with van der Waals surface area (Å²) in [5, 5.41) is 9.49. The van der Waals surface area contributed by atoms with Crippen molar-refractivity contribution in [3.63, 3.8) is 0 Å². The summed E-state index contributed by atoms with van der Waals surface area (Å²) in [4.78, 5) is 37.6. The molecular formula is C24H27FN2O5. The lowest BCUT2D eigenvalue weighted by Gasteiger charge is -2.24. The van der Waals surface area contributed by atoms with E-state index in [-0.39, 0.29) is 29.7 Å². The highest BCUT2D eigenvalue weighted by molar-refractivity contribution is 5.94. The van der Waals surface area contributed by atoms with Gasteiger partial charge in [-0.15, -0.1) is 0 Å². The molecule has 1 heterocycles. The van der Waals surface area contributed by atoms with E-state index in [2.05, 4.69) is 0 Å². The molecule has 170 valence electrons. The van der Waals surface area contributed by atoms with E-state index in [4.69, 9.17) is 9.47 Å². The summed E-state index contributed by atoms with van der Waals surface area (Å²) in [5.74, 6) is -3.60. The molecule has 8 heteroatoms. The molecule has 1 saturated carbocycles. The lowest BCUT2D eigenvalue weighted by Crippen LogP contribution is -2.24. The number of aromatic nitrogens is 1. The zero-order chi connectivity index (χ0) is 23.3. The Morgan fingerprint density at radius 1 is 1.19 bits per heavy atom. The minimum absolute atomic E-state index is 0.00756. The molecule has 1 aromatic heterocycles. The van der Waals surface area contributed by atoms with Gasteiger partial charge in [-0.2, -0.15) is 5.26 Å². The van der Waals surface area contributed by atoms with Crippen molar-refractivity contribution in [2.24, 2.45) is 5.92 Å². The first-order valence-corrected chi connectivity index (χ1v) is 11.0. The van der Waals surface area contributed by atoms with Crippen LogP contribution in [0.3, 0.4) is 0 Å². The Kier molecular flexibility index (Phi) is 7.62. The molecule has 1 aliphatic carbocycles. The molecular weight excluding hydrogens is 415 g/mol. The van der Waals surface area contributed by atoms with Crippen LogP contribution in [0.4, 0.5) is 4.39 Å². The summed E-state index contributed by atoms with van der Waals surface area (Å²) in [6, 6.07) is 4.15. The average molecular weight is 442 g/mol. The van der Waals surface area contributed by atoms with Crippen LogP contribution in [0.1, 0.15) is 67.8 Å². The van der Waals surface area contributed by atoms with Crippen LogP contribution in [0.2, 0.25) is 0 Å². The van der Waals surface area contributed by atoms with Crippen molar-refractivity contribution < 1.29 is 23.5 Å². The molecule has 0 radical (unpaired) electrons.